The molecule has 0 aliphatic heterocycles. The van der Waals surface area contributed by atoms with E-state index in [1.165, 1.54) is 141 Å². The summed E-state index contributed by atoms with van der Waals surface area (Å²) in [6.07, 6.45) is 29.8. The molecule has 0 aliphatic rings. The first kappa shape index (κ1) is 35.2. The molecule has 0 aromatic rings. The second-order valence-electron chi connectivity index (χ2n) is 12.1. The topological polar surface area (TPSA) is 26.3 Å². The van der Waals surface area contributed by atoms with Crippen LogP contribution < -0.4 is 0 Å². The molecule has 0 heterocycles. The predicted molar refractivity (Wildman–Crippen MR) is 161 cm³/mol. The van der Waals surface area contributed by atoms with Crippen LogP contribution in [0, 0.1) is 17.8 Å². The zero-order valence-corrected chi connectivity index (χ0v) is 25.5. The van der Waals surface area contributed by atoms with Crippen LogP contribution in [-0.2, 0) is 9.53 Å². The molecular weight excluding hydrogens is 440 g/mol. The molecule has 0 amide bonds. The first-order chi connectivity index (χ1) is 17.4. The fourth-order valence-corrected chi connectivity index (χ4v) is 5.31. The van der Waals surface area contributed by atoms with Crippen molar-refractivity contribution in [1.29, 1.82) is 0 Å². The average molecular weight is 507 g/mol. The van der Waals surface area contributed by atoms with Gasteiger partial charge in [0.2, 0.25) is 0 Å². The number of hydrogen-bond donors (Lipinski definition) is 0. The normalized spacial score (nSPS) is 13.9. The Balaban J connectivity index is 4.05. The Kier molecular flexibility index (Phi) is 25.3. The van der Waals surface area contributed by atoms with Crippen molar-refractivity contribution in [3.05, 3.63) is 12.2 Å². The number of carbonyl (C=O) groups excluding carboxylic acids is 1. The van der Waals surface area contributed by atoms with Crippen LogP contribution in [0.4, 0.5) is 0 Å². The summed E-state index contributed by atoms with van der Waals surface area (Å²) >= 11 is 0. The van der Waals surface area contributed by atoms with E-state index in [4.69, 9.17) is 4.74 Å². The molecule has 0 rings (SSSR count). The first-order valence-electron chi connectivity index (χ1n) is 16.2. The van der Waals surface area contributed by atoms with Crippen LogP contribution in [0.1, 0.15) is 176 Å². The van der Waals surface area contributed by atoms with Gasteiger partial charge in [-0.05, 0) is 37.5 Å². The lowest BCUT2D eigenvalue weighted by Gasteiger charge is -2.18. The summed E-state index contributed by atoms with van der Waals surface area (Å²) in [6.45, 7) is 15.5. The number of carbonyl (C=O) groups is 1. The molecule has 2 nitrogen and oxygen atoms in total. The highest BCUT2D eigenvalue weighted by molar-refractivity contribution is 5.86. The Hall–Kier alpha value is -0.790. The summed E-state index contributed by atoms with van der Waals surface area (Å²) in [5, 5.41) is 0. The molecule has 2 heteroatoms. The molecule has 36 heavy (non-hydrogen) atoms. The molecule has 0 fully saturated rings. The molecule has 0 saturated carbocycles. The fraction of sp³-hybridized carbons (Fsp3) is 0.912. The van der Waals surface area contributed by atoms with Gasteiger partial charge in [0.15, 0.2) is 0 Å². The van der Waals surface area contributed by atoms with Gasteiger partial charge in [-0.2, -0.15) is 0 Å². The Labute approximate surface area is 227 Å². The van der Waals surface area contributed by atoms with Gasteiger partial charge in [0.1, 0.15) is 0 Å². The molecule has 0 aromatic heterocycles. The fourth-order valence-electron chi connectivity index (χ4n) is 5.31. The summed E-state index contributed by atoms with van der Waals surface area (Å²) in [5.74, 6) is 2.03. The van der Waals surface area contributed by atoms with E-state index in [1.807, 2.05) is 0 Å². The van der Waals surface area contributed by atoms with Crippen molar-refractivity contribution in [2.45, 2.75) is 176 Å². The van der Waals surface area contributed by atoms with E-state index in [-0.39, 0.29) is 5.97 Å². The van der Waals surface area contributed by atoms with Crippen LogP contribution in [0.5, 0.6) is 0 Å². The standard InChI is InChI=1S/C34H66O2/c1-7-9-11-13-17-23-31(5)25-19-15-16-20-27-33(29-36-34(35)30(3)4)28-22-21-26-32(6)24-18-14-12-10-8-2/h31-33H,3,7-29H2,1-2,4-6H3. The highest BCUT2D eigenvalue weighted by Crippen LogP contribution is 2.23. The van der Waals surface area contributed by atoms with Gasteiger partial charge in [-0.1, -0.05) is 163 Å². The maximum absolute atomic E-state index is 11.9. The van der Waals surface area contributed by atoms with Crippen molar-refractivity contribution in [3.63, 3.8) is 0 Å². The quantitative estimate of drug-likeness (QED) is 0.0629. The van der Waals surface area contributed by atoms with E-state index in [2.05, 4.69) is 34.3 Å². The Morgan fingerprint density at radius 3 is 1.31 bits per heavy atom. The van der Waals surface area contributed by atoms with Crippen LogP contribution in [0.15, 0.2) is 12.2 Å². The largest absolute Gasteiger partial charge is 0.462 e. The molecule has 0 spiro atoms. The maximum Gasteiger partial charge on any atom is 0.333 e. The van der Waals surface area contributed by atoms with E-state index in [0.717, 1.165) is 11.8 Å². The number of esters is 1. The number of unbranched alkanes of at least 4 members (excludes halogenated alkanes) is 12. The molecule has 3 unspecified atom stereocenters. The van der Waals surface area contributed by atoms with Crippen molar-refractivity contribution in [3.8, 4) is 0 Å². The Morgan fingerprint density at radius 2 is 0.917 bits per heavy atom. The third-order valence-electron chi connectivity index (χ3n) is 8.02. The lowest BCUT2D eigenvalue weighted by molar-refractivity contribution is -0.140. The van der Waals surface area contributed by atoms with Crippen molar-refractivity contribution in [2.75, 3.05) is 6.61 Å². The molecule has 0 aromatic carbocycles. The monoisotopic (exact) mass is 507 g/mol. The van der Waals surface area contributed by atoms with Gasteiger partial charge in [-0.25, -0.2) is 4.79 Å². The second kappa shape index (κ2) is 25.8. The zero-order chi connectivity index (χ0) is 26.9. The summed E-state index contributed by atoms with van der Waals surface area (Å²) in [4.78, 5) is 11.9. The molecule has 0 bridgehead atoms. The van der Waals surface area contributed by atoms with Gasteiger partial charge in [-0.15, -0.1) is 0 Å². The third-order valence-corrected chi connectivity index (χ3v) is 8.02. The predicted octanol–water partition coefficient (Wildman–Crippen LogP) is 11.6. The van der Waals surface area contributed by atoms with Crippen molar-refractivity contribution >= 4 is 5.97 Å². The molecule has 214 valence electrons. The molecule has 0 N–H and O–H groups in total. The van der Waals surface area contributed by atoms with Gasteiger partial charge < -0.3 is 4.74 Å². The van der Waals surface area contributed by atoms with E-state index < -0.39 is 0 Å². The van der Waals surface area contributed by atoms with Gasteiger partial charge in [0.05, 0.1) is 6.61 Å². The van der Waals surface area contributed by atoms with E-state index >= 15 is 0 Å². The van der Waals surface area contributed by atoms with Crippen LogP contribution >= 0.6 is 0 Å². The van der Waals surface area contributed by atoms with Gasteiger partial charge >= 0.3 is 5.97 Å². The summed E-state index contributed by atoms with van der Waals surface area (Å²) in [6, 6.07) is 0. The Morgan fingerprint density at radius 1 is 0.583 bits per heavy atom. The molecule has 0 radical (unpaired) electrons. The third kappa shape index (κ3) is 23.6. The summed E-state index contributed by atoms with van der Waals surface area (Å²) in [7, 11) is 0. The second-order valence-corrected chi connectivity index (χ2v) is 12.1. The van der Waals surface area contributed by atoms with Crippen LogP contribution in [-0.4, -0.2) is 12.6 Å². The van der Waals surface area contributed by atoms with Crippen LogP contribution in [0.25, 0.3) is 0 Å². The van der Waals surface area contributed by atoms with E-state index in [1.54, 1.807) is 6.92 Å². The van der Waals surface area contributed by atoms with Gasteiger partial charge in [-0.3, -0.25) is 0 Å². The Bertz CT molecular complexity index is 497. The van der Waals surface area contributed by atoms with Crippen LogP contribution in [0.2, 0.25) is 0 Å². The lowest BCUT2D eigenvalue weighted by atomic mass is 9.92. The number of ether oxygens (including phenoxy) is 1. The highest BCUT2D eigenvalue weighted by atomic mass is 16.5. The first-order valence-corrected chi connectivity index (χ1v) is 16.2. The molecule has 0 saturated heterocycles. The van der Waals surface area contributed by atoms with Gasteiger partial charge in [0, 0.05) is 5.57 Å². The number of hydrogen-bond acceptors (Lipinski definition) is 2. The molecule has 3 atom stereocenters. The average Bonchev–Trinajstić information content (AvgIpc) is 2.85. The molecular formula is C34H66O2. The number of rotatable bonds is 27. The minimum atomic E-state index is -0.222. The maximum atomic E-state index is 11.9. The zero-order valence-electron chi connectivity index (χ0n) is 25.5. The smallest absolute Gasteiger partial charge is 0.333 e. The summed E-state index contributed by atoms with van der Waals surface area (Å²) in [5.41, 5.74) is 0.515. The highest BCUT2D eigenvalue weighted by Gasteiger charge is 2.13. The van der Waals surface area contributed by atoms with Crippen LogP contribution in [0.3, 0.4) is 0 Å². The van der Waals surface area contributed by atoms with Crippen molar-refractivity contribution < 1.29 is 9.53 Å². The van der Waals surface area contributed by atoms with Gasteiger partial charge in [0.25, 0.3) is 0 Å². The molecule has 0 aliphatic carbocycles. The minimum Gasteiger partial charge on any atom is -0.462 e. The lowest BCUT2D eigenvalue weighted by Crippen LogP contribution is -2.15. The van der Waals surface area contributed by atoms with Crippen molar-refractivity contribution in [1.82, 2.24) is 0 Å². The minimum absolute atomic E-state index is 0.222. The summed E-state index contributed by atoms with van der Waals surface area (Å²) < 4.78 is 5.56. The van der Waals surface area contributed by atoms with E-state index in [9.17, 15) is 4.79 Å². The SMILES string of the molecule is C=C(C)C(=O)OCC(CCCCCCC(C)CCCCCCC)CCCCC(C)CCCCCCC. The van der Waals surface area contributed by atoms with E-state index in [0.29, 0.717) is 18.1 Å². The van der Waals surface area contributed by atoms with Crippen molar-refractivity contribution in [2.24, 2.45) is 17.8 Å².